The van der Waals surface area contributed by atoms with E-state index in [9.17, 15) is 13.2 Å². The summed E-state index contributed by atoms with van der Waals surface area (Å²) in [5.74, 6) is 1.11. The van der Waals surface area contributed by atoms with Gasteiger partial charge in [0.05, 0.1) is 21.2 Å². The fourth-order valence-electron chi connectivity index (χ4n) is 3.96. The Balaban J connectivity index is 1.78. The van der Waals surface area contributed by atoms with Gasteiger partial charge in [-0.1, -0.05) is 38.5 Å². The third-order valence-electron chi connectivity index (χ3n) is 6.02. The number of carbonyl (C=O) groups is 1. The minimum absolute atomic E-state index is 0.0147. The number of fused-ring (bicyclic) bond motifs is 1. The van der Waals surface area contributed by atoms with Crippen molar-refractivity contribution in [2.45, 2.75) is 74.8 Å². The zero-order valence-electron chi connectivity index (χ0n) is 17.4. The van der Waals surface area contributed by atoms with Gasteiger partial charge in [0.25, 0.3) is 0 Å². The van der Waals surface area contributed by atoms with Crippen molar-refractivity contribution in [2.75, 3.05) is 0 Å². The van der Waals surface area contributed by atoms with E-state index in [1.165, 1.54) is 30.3 Å². The summed E-state index contributed by atoms with van der Waals surface area (Å²) in [7, 11) is -3.79. The van der Waals surface area contributed by atoms with Gasteiger partial charge >= 0.3 is 0 Å². The summed E-state index contributed by atoms with van der Waals surface area (Å²) in [4.78, 5) is 17.4. The Kier molecular flexibility index (Phi) is 6.60. The molecule has 0 spiro atoms. The van der Waals surface area contributed by atoms with E-state index in [1.54, 1.807) is 6.07 Å². The molecule has 160 valence electrons. The molecule has 1 heterocycles. The van der Waals surface area contributed by atoms with Crippen LogP contribution in [0.2, 0.25) is 0 Å². The van der Waals surface area contributed by atoms with E-state index in [-0.39, 0.29) is 22.1 Å². The van der Waals surface area contributed by atoms with Gasteiger partial charge in [0.1, 0.15) is 0 Å². The lowest BCUT2D eigenvalue weighted by Gasteiger charge is -2.35. The lowest BCUT2D eigenvalue weighted by Crippen LogP contribution is -2.46. The highest BCUT2D eigenvalue weighted by Crippen LogP contribution is 2.31. The quantitative estimate of drug-likeness (QED) is 0.674. The number of rotatable bonds is 6. The molecule has 1 amide bonds. The van der Waals surface area contributed by atoms with Crippen LogP contribution in [0.25, 0.3) is 11.0 Å². The molecule has 1 saturated carbocycles. The zero-order valence-corrected chi connectivity index (χ0v) is 19.0. The van der Waals surface area contributed by atoms with Gasteiger partial charge in [0.2, 0.25) is 15.9 Å². The molecule has 0 aliphatic heterocycles. The number of primary sulfonamides is 1. The van der Waals surface area contributed by atoms with Crippen LogP contribution in [0.15, 0.2) is 28.3 Å². The molecule has 1 aliphatic rings. The fourth-order valence-corrected chi connectivity index (χ4v) is 5.49. The molecule has 0 unspecified atom stereocenters. The molecule has 1 aromatic heterocycles. The van der Waals surface area contributed by atoms with Crippen molar-refractivity contribution in [2.24, 2.45) is 17.0 Å². The van der Waals surface area contributed by atoms with Gasteiger partial charge in [-0.2, -0.15) is 0 Å². The van der Waals surface area contributed by atoms with Crippen LogP contribution in [0, 0.1) is 11.8 Å². The lowest BCUT2D eigenvalue weighted by atomic mass is 9.78. The number of imidazole rings is 1. The van der Waals surface area contributed by atoms with Crippen molar-refractivity contribution in [3.63, 3.8) is 0 Å². The summed E-state index contributed by atoms with van der Waals surface area (Å²) in [6, 6.07) is 4.90. The average Bonchev–Trinajstić information content (AvgIpc) is 3.00. The van der Waals surface area contributed by atoms with Crippen LogP contribution in [0.1, 0.15) is 47.0 Å². The van der Waals surface area contributed by atoms with Gasteiger partial charge in [0.15, 0.2) is 5.16 Å². The van der Waals surface area contributed by atoms with Crippen LogP contribution in [0.4, 0.5) is 0 Å². The van der Waals surface area contributed by atoms with Crippen LogP contribution in [-0.2, 0) is 21.4 Å². The van der Waals surface area contributed by atoms with E-state index in [1.807, 2.05) is 18.4 Å². The van der Waals surface area contributed by atoms with E-state index >= 15 is 0 Å². The monoisotopic (exact) mass is 438 g/mol. The number of aryl methyl sites for hydroxylation is 1. The van der Waals surface area contributed by atoms with Crippen molar-refractivity contribution in [1.82, 2.24) is 14.9 Å². The van der Waals surface area contributed by atoms with Crippen molar-refractivity contribution >= 4 is 38.7 Å². The van der Waals surface area contributed by atoms with Crippen LogP contribution < -0.4 is 10.5 Å². The van der Waals surface area contributed by atoms with Gasteiger partial charge < -0.3 is 9.88 Å². The van der Waals surface area contributed by atoms with E-state index in [4.69, 9.17) is 5.14 Å². The second-order valence-corrected chi connectivity index (χ2v) is 10.8. The van der Waals surface area contributed by atoms with Gasteiger partial charge in [-0.25, -0.2) is 18.5 Å². The van der Waals surface area contributed by atoms with Crippen molar-refractivity contribution in [3.8, 4) is 0 Å². The third-order valence-corrected chi connectivity index (χ3v) is 8.02. The molecule has 0 bridgehead atoms. The largest absolute Gasteiger partial charge is 0.352 e. The third kappa shape index (κ3) is 4.78. The van der Waals surface area contributed by atoms with E-state index < -0.39 is 10.0 Å². The van der Waals surface area contributed by atoms with Crippen LogP contribution in [0.5, 0.6) is 0 Å². The second kappa shape index (κ2) is 8.65. The maximum Gasteiger partial charge on any atom is 0.238 e. The molecule has 0 radical (unpaired) electrons. The molecule has 1 aromatic carbocycles. The Morgan fingerprint density at radius 1 is 1.38 bits per heavy atom. The maximum absolute atomic E-state index is 12.8. The smallest absolute Gasteiger partial charge is 0.238 e. The highest BCUT2D eigenvalue weighted by molar-refractivity contribution is 8.00. The lowest BCUT2D eigenvalue weighted by molar-refractivity contribution is -0.121. The fraction of sp³-hybridized carbons (Fsp3) is 0.600. The highest BCUT2D eigenvalue weighted by atomic mass is 32.2. The number of nitrogens with zero attached hydrogens (tertiary/aromatic N) is 2. The van der Waals surface area contributed by atoms with E-state index in [0.717, 1.165) is 18.4 Å². The Bertz CT molecular complexity index is 1000. The summed E-state index contributed by atoms with van der Waals surface area (Å²) in [6.07, 6.45) is 3.40. The molecule has 2 aromatic rings. The van der Waals surface area contributed by atoms with Gasteiger partial charge in [-0.15, -0.1) is 0 Å². The summed E-state index contributed by atoms with van der Waals surface area (Å²) in [5.41, 5.74) is 1.38. The molecule has 3 rings (SSSR count). The first kappa shape index (κ1) is 22.1. The topological polar surface area (TPSA) is 107 Å². The molecule has 1 aliphatic carbocycles. The number of hydrogen-bond donors (Lipinski definition) is 2. The molecule has 7 nitrogen and oxygen atoms in total. The summed E-state index contributed by atoms with van der Waals surface area (Å²) < 4.78 is 25.2. The Morgan fingerprint density at radius 2 is 2.10 bits per heavy atom. The number of sulfonamides is 1. The molecule has 29 heavy (non-hydrogen) atoms. The molecular weight excluding hydrogens is 408 g/mol. The Labute approximate surface area is 176 Å². The Hall–Kier alpha value is -1.58. The summed E-state index contributed by atoms with van der Waals surface area (Å²) in [6.45, 7) is 9.01. The second-order valence-electron chi connectivity index (χ2n) is 7.98. The van der Waals surface area contributed by atoms with Crippen molar-refractivity contribution in [3.05, 3.63) is 18.2 Å². The van der Waals surface area contributed by atoms with Gasteiger partial charge in [-0.3, -0.25) is 4.79 Å². The van der Waals surface area contributed by atoms with Crippen LogP contribution in [0.3, 0.4) is 0 Å². The number of thioether (sulfide) groups is 1. The highest BCUT2D eigenvalue weighted by Gasteiger charge is 2.30. The number of aromatic nitrogens is 2. The zero-order chi connectivity index (χ0) is 21.3. The first-order valence-corrected chi connectivity index (χ1v) is 12.5. The predicted octanol–water partition coefficient (Wildman–Crippen LogP) is 3.13. The van der Waals surface area contributed by atoms with Crippen molar-refractivity contribution < 1.29 is 13.2 Å². The van der Waals surface area contributed by atoms with Crippen LogP contribution >= 0.6 is 11.8 Å². The first-order chi connectivity index (χ1) is 13.6. The molecule has 1 fully saturated rings. The number of hydrogen-bond acceptors (Lipinski definition) is 5. The number of nitrogens with one attached hydrogen (secondary N) is 1. The number of amides is 1. The summed E-state index contributed by atoms with van der Waals surface area (Å²) in [5, 5.41) is 8.85. The predicted molar refractivity (Wildman–Crippen MR) is 116 cm³/mol. The number of benzene rings is 1. The molecule has 0 saturated heterocycles. The van der Waals surface area contributed by atoms with E-state index in [2.05, 4.69) is 24.1 Å². The van der Waals surface area contributed by atoms with Gasteiger partial charge in [0, 0.05) is 12.6 Å². The number of nitrogens with two attached hydrogens (primary N) is 1. The molecule has 4 atom stereocenters. The van der Waals surface area contributed by atoms with E-state index in [0.29, 0.717) is 29.1 Å². The molecule has 9 heteroatoms. The molecule has 3 N–H and O–H groups in total. The maximum atomic E-state index is 12.8. The van der Waals surface area contributed by atoms with Crippen molar-refractivity contribution in [1.29, 1.82) is 0 Å². The molecular formula is C20H30N4O3S2. The van der Waals surface area contributed by atoms with Gasteiger partial charge in [-0.05, 0) is 50.3 Å². The first-order valence-electron chi connectivity index (χ1n) is 10.1. The standard InChI is InChI=1S/C20H30N4O3S2/c1-5-24-18-10-9-15(29(21,26)27)11-17(18)23-20(24)28-14(4)19(25)22-16-8-6-7-12(2)13(16)3/h9-14,16H,5-8H2,1-4H3,(H,22,25)(H2,21,26,27)/t12-,13+,14-,16+/m1/s1. The average molecular weight is 439 g/mol. The SMILES string of the molecule is CCn1c(S[C@H](C)C(=O)N[C@H]2CCC[C@@H](C)[C@@H]2C)nc2cc(S(N)(=O)=O)ccc21. The minimum atomic E-state index is -3.79. The summed E-state index contributed by atoms with van der Waals surface area (Å²) >= 11 is 1.39. The number of carbonyl (C=O) groups excluding carboxylic acids is 1. The minimum Gasteiger partial charge on any atom is -0.352 e. The van der Waals surface area contributed by atoms with Crippen LogP contribution in [-0.4, -0.2) is 35.2 Å². The Morgan fingerprint density at radius 3 is 2.76 bits per heavy atom. The normalized spacial score (nSPS) is 23.8.